The van der Waals surface area contributed by atoms with Crippen molar-refractivity contribution in [3.8, 4) is 0 Å². The van der Waals surface area contributed by atoms with E-state index < -0.39 is 5.97 Å². The van der Waals surface area contributed by atoms with Gasteiger partial charge < -0.3 is 9.72 Å². The Kier molecular flexibility index (Phi) is 5.24. The van der Waals surface area contributed by atoms with Crippen molar-refractivity contribution in [2.45, 2.75) is 46.5 Å². The lowest BCUT2D eigenvalue weighted by molar-refractivity contribution is 0.0474. The zero-order valence-corrected chi connectivity index (χ0v) is 17.4. The summed E-state index contributed by atoms with van der Waals surface area (Å²) in [4.78, 5) is 45.3. The van der Waals surface area contributed by atoms with Crippen LogP contribution in [0.25, 0.3) is 10.9 Å². The number of fused-ring (bicyclic) bond motifs is 2. The number of nitrogens with one attached hydrogen (secondary N) is 1. The number of H-pyrrole nitrogens is 1. The SMILES string of the molecule is CC(=O)c1c(C)[nH]c(C(=O)COC(=O)c2c3c(nc4ccccc24)CCCC3)c1C. The van der Waals surface area contributed by atoms with Gasteiger partial charge in [-0.3, -0.25) is 14.6 Å². The van der Waals surface area contributed by atoms with E-state index in [4.69, 9.17) is 9.72 Å². The van der Waals surface area contributed by atoms with Crippen molar-refractivity contribution in [2.75, 3.05) is 6.61 Å². The van der Waals surface area contributed by atoms with Crippen molar-refractivity contribution in [3.63, 3.8) is 0 Å². The number of carbonyl (C=O) groups is 3. The van der Waals surface area contributed by atoms with Crippen molar-refractivity contribution in [2.24, 2.45) is 0 Å². The largest absolute Gasteiger partial charge is 0.454 e. The van der Waals surface area contributed by atoms with E-state index in [1.165, 1.54) is 6.92 Å². The highest BCUT2D eigenvalue weighted by molar-refractivity contribution is 6.07. The molecule has 2 heterocycles. The van der Waals surface area contributed by atoms with Gasteiger partial charge in [-0.1, -0.05) is 18.2 Å². The van der Waals surface area contributed by atoms with Crippen molar-refractivity contribution in [3.05, 3.63) is 63.6 Å². The third-order valence-electron chi connectivity index (χ3n) is 5.78. The van der Waals surface area contributed by atoms with Crippen LogP contribution in [0.2, 0.25) is 0 Å². The number of Topliss-reactive ketones (excluding diaryl/α,β-unsaturated/α-hetero) is 2. The zero-order chi connectivity index (χ0) is 21.4. The first-order valence-corrected chi connectivity index (χ1v) is 10.2. The first-order valence-electron chi connectivity index (χ1n) is 10.2. The predicted octanol–water partition coefficient (Wildman–Crippen LogP) is 4.30. The molecule has 30 heavy (non-hydrogen) atoms. The van der Waals surface area contributed by atoms with E-state index >= 15 is 0 Å². The van der Waals surface area contributed by atoms with Gasteiger partial charge in [-0.2, -0.15) is 0 Å². The Morgan fingerprint density at radius 1 is 1.07 bits per heavy atom. The van der Waals surface area contributed by atoms with Crippen LogP contribution in [0, 0.1) is 13.8 Å². The molecule has 1 aromatic carbocycles. The second-order valence-corrected chi connectivity index (χ2v) is 7.82. The van der Waals surface area contributed by atoms with Crippen LogP contribution in [0.5, 0.6) is 0 Å². The maximum absolute atomic E-state index is 13.1. The zero-order valence-electron chi connectivity index (χ0n) is 17.4. The summed E-state index contributed by atoms with van der Waals surface area (Å²) >= 11 is 0. The quantitative estimate of drug-likeness (QED) is 0.506. The van der Waals surface area contributed by atoms with Gasteiger partial charge in [-0.05, 0) is 63.6 Å². The van der Waals surface area contributed by atoms with E-state index in [1.807, 2.05) is 24.3 Å². The Bertz CT molecular complexity index is 1190. The molecule has 0 amide bonds. The molecule has 6 nitrogen and oxygen atoms in total. The lowest BCUT2D eigenvalue weighted by atomic mass is 9.90. The molecule has 0 aliphatic heterocycles. The Morgan fingerprint density at radius 3 is 2.53 bits per heavy atom. The highest BCUT2D eigenvalue weighted by atomic mass is 16.5. The molecule has 0 spiro atoms. The molecule has 0 radical (unpaired) electrons. The number of aromatic amines is 1. The molecule has 1 aliphatic rings. The summed E-state index contributed by atoms with van der Waals surface area (Å²) in [6.45, 7) is 4.56. The number of ether oxygens (including phenoxy) is 1. The lowest BCUT2D eigenvalue weighted by Gasteiger charge is -2.19. The molecule has 3 aromatic rings. The molecule has 0 fully saturated rings. The minimum atomic E-state index is -0.507. The number of aromatic nitrogens is 2. The summed E-state index contributed by atoms with van der Waals surface area (Å²) < 4.78 is 5.46. The normalized spacial score (nSPS) is 13.2. The number of rotatable bonds is 5. The molecule has 154 valence electrons. The van der Waals surface area contributed by atoms with Crippen LogP contribution in [0.15, 0.2) is 24.3 Å². The number of benzene rings is 1. The number of carbonyl (C=O) groups excluding carboxylic acids is 3. The number of esters is 1. The van der Waals surface area contributed by atoms with Gasteiger partial charge in [-0.15, -0.1) is 0 Å². The van der Waals surface area contributed by atoms with E-state index in [0.717, 1.165) is 47.8 Å². The van der Waals surface area contributed by atoms with Crippen molar-refractivity contribution in [1.82, 2.24) is 9.97 Å². The predicted molar refractivity (Wildman–Crippen MR) is 113 cm³/mol. The van der Waals surface area contributed by atoms with E-state index in [2.05, 4.69) is 4.98 Å². The highest BCUT2D eigenvalue weighted by Crippen LogP contribution is 2.30. The first kappa shape index (κ1) is 20.0. The Morgan fingerprint density at radius 2 is 1.80 bits per heavy atom. The number of hydrogen-bond donors (Lipinski definition) is 1. The Hall–Kier alpha value is -3.28. The smallest absolute Gasteiger partial charge is 0.339 e. The van der Waals surface area contributed by atoms with Gasteiger partial charge in [0.2, 0.25) is 5.78 Å². The van der Waals surface area contributed by atoms with Crippen LogP contribution in [0.4, 0.5) is 0 Å². The van der Waals surface area contributed by atoms with E-state index in [-0.39, 0.29) is 18.2 Å². The number of nitrogens with zero attached hydrogens (tertiary/aromatic N) is 1. The summed E-state index contributed by atoms with van der Waals surface area (Å²) in [5.41, 5.74) is 5.22. The fourth-order valence-corrected chi connectivity index (χ4v) is 4.44. The van der Waals surface area contributed by atoms with Crippen molar-refractivity contribution < 1.29 is 19.1 Å². The van der Waals surface area contributed by atoms with Crippen LogP contribution in [-0.4, -0.2) is 34.1 Å². The van der Waals surface area contributed by atoms with Gasteiger partial charge in [0.25, 0.3) is 0 Å². The van der Waals surface area contributed by atoms with Gasteiger partial charge in [0, 0.05) is 22.3 Å². The van der Waals surface area contributed by atoms with Crippen LogP contribution in [-0.2, 0) is 17.6 Å². The maximum Gasteiger partial charge on any atom is 0.339 e. The van der Waals surface area contributed by atoms with Crippen molar-refractivity contribution in [1.29, 1.82) is 0 Å². The minimum Gasteiger partial charge on any atom is -0.454 e. The number of hydrogen-bond acceptors (Lipinski definition) is 5. The van der Waals surface area contributed by atoms with Gasteiger partial charge in [0.05, 0.1) is 16.8 Å². The Balaban J connectivity index is 1.62. The van der Waals surface area contributed by atoms with E-state index in [1.54, 1.807) is 13.8 Å². The van der Waals surface area contributed by atoms with Gasteiger partial charge in [0.15, 0.2) is 12.4 Å². The summed E-state index contributed by atoms with van der Waals surface area (Å²) in [7, 11) is 0. The van der Waals surface area contributed by atoms with Crippen LogP contribution >= 0.6 is 0 Å². The molecule has 6 heteroatoms. The maximum atomic E-state index is 13.1. The molecule has 0 unspecified atom stereocenters. The third-order valence-corrected chi connectivity index (χ3v) is 5.78. The number of para-hydroxylation sites is 1. The average Bonchev–Trinajstić information content (AvgIpc) is 3.04. The monoisotopic (exact) mass is 404 g/mol. The molecule has 1 N–H and O–H groups in total. The van der Waals surface area contributed by atoms with Crippen LogP contribution in [0.1, 0.15) is 73.5 Å². The average molecular weight is 404 g/mol. The van der Waals surface area contributed by atoms with E-state index in [9.17, 15) is 14.4 Å². The fraction of sp³-hybridized carbons (Fsp3) is 0.333. The Labute approximate surface area is 174 Å². The molecular weight excluding hydrogens is 380 g/mol. The van der Waals surface area contributed by atoms with Gasteiger partial charge in [-0.25, -0.2) is 4.79 Å². The standard InChI is InChI=1S/C24H24N2O4/c1-13-21(15(3)27)14(2)25-23(13)20(28)12-30-24(29)22-16-8-4-6-10-18(16)26-19-11-7-5-9-17(19)22/h4,6,8,10,25H,5,7,9,11-12H2,1-3H3. The molecule has 2 aromatic heterocycles. The lowest BCUT2D eigenvalue weighted by Crippen LogP contribution is -2.19. The summed E-state index contributed by atoms with van der Waals surface area (Å²) in [5.74, 6) is -0.969. The second-order valence-electron chi connectivity index (χ2n) is 7.82. The van der Waals surface area contributed by atoms with Gasteiger partial charge in [0.1, 0.15) is 0 Å². The topological polar surface area (TPSA) is 89.1 Å². The number of aryl methyl sites for hydroxylation is 2. The highest BCUT2D eigenvalue weighted by Gasteiger charge is 2.25. The van der Waals surface area contributed by atoms with E-state index in [0.29, 0.717) is 28.1 Å². The summed E-state index contributed by atoms with van der Waals surface area (Å²) in [6.07, 6.45) is 3.67. The molecular formula is C24H24N2O4. The minimum absolute atomic E-state index is 0.104. The molecule has 1 aliphatic carbocycles. The molecule has 0 bridgehead atoms. The molecule has 0 atom stereocenters. The van der Waals surface area contributed by atoms with Gasteiger partial charge >= 0.3 is 5.97 Å². The summed E-state index contributed by atoms with van der Waals surface area (Å²) in [6, 6.07) is 7.52. The van der Waals surface area contributed by atoms with Crippen molar-refractivity contribution >= 4 is 28.4 Å². The molecule has 4 rings (SSSR count). The molecule has 0 saturated carbocycles. The third kappa shape index (κ3) is 3.43. The second kappa shape index (κ2) is 7.86. The number of ketones is 2. The number of pyridine rings is 1. The first-order chi connectivity index (χ1) is 14.4. The molecule has 0 saturated heterocycles. The van der Waals surface area contributed by atoms with Crippen LogP contribution in [0.3, 0.4) is 0 Å². The van der Waals surface area contributed by atoms with Crippen LogP contribution < -0.4 is 0 Å². The summed E-state index contributed by atoms with van der Waals surface area (Å²) in [5, 5.41) is 0.751. The fourth-order valence-electron chi connectivity index (χ4n) is 4.44.